The molecule has 0 aliphatic heterocycles. The molecule has 0 heterocycles. The van der Waals surface area contributed by atoms with Crippen molar-refractivity contribution in [3.05, 3.63) is 0 Å². The normalized spacial score (nSPS) is 11.4. The first-order valence-electron chi connectivity index (χ1n) is 8.66. The van der Waals surface area contributed by atoms with Gasteiger partial charge in [-0.25, -0.2) is 0 Å². The van der Waals surface area contributed by atoms with E-state index in [1.165, 1.54) is 51.4 Å². The van der Waals surface area contributed by atoms with Gasteiger partial charge in [0, 0.05) is 25.9 Å². The van der Waals surface area contributed by atoms with Gasteiger partial charge in [0.15, 0.2) is 0 Å². The third-order valence-electron chi connectivity index (χ3n) is 3.43. The van der Waals surface area contributed by atoms with Gasteiger partial charge in [-0.3, -0.25) is 0 Å². The molecule has 0 saturated carbocycles. The van der Waals surface area contributed by atoms with Crippen molar-refractivity contribution in [2.75, 3.05) is 19.8 Å². The molecule has 0 spiro atoms. The van der Waals surface area contributed by atoms with E-state index in [9.17, 15) is 0 Å². The molecule has 0 N–H and O–H groups in total. The van der Waals surface area contributed by atoms with Crippen LogP contribution in [0.25, 0.3) is 0 Å². The van der Waals surface area contributed by atoms with Crippen LogP contribution in [0.3, 0.4) is 0 Å². The summed E-state index contributed by atoms with van der Waals surface area (Å²) in [7, 11) is -2.38. The van der Waals surface area contributed by atoms with E-state index < -0.39 is 8.80 Å². The van der Waals surface area contributed by atoms with Gasteiger partial charge in [-0.1, -0.05) is 51.9 Å². The summed E-state index contributed by atoms with van der Waals surface area (Å²) in [6.07, 6.45) is 10.6. The van der Waals surface area contributed by atoms with Gasteiger partial charge in [-0.2, -0.15) is 13.5 Å². The fraction of sp³-hybridized carbons (Fsp3) is 1.00. The Balaban J connectivity index is 0. The van der Waals surface area contributed by atoms with E-state index in [4.69, 9.17) is 13.3 Å². The molecule has 0 aromatic rings. The van der Waals surface area contributed by atoms with Crippen molar-refractivity contribution in [1.82, 2.24) is 0 Å². The summed E-state index contributed by atoms with van der Waals surface area (Å²) in [4.78, 5) is 0. The highest BCUT2D eigenvalue weighted by atomic mass is 32.1. The van der Waals surface area contributed by atoms with Crippen molar-refractivity contribution in [2.45, 2.75) is 85.1 Å². The molecule has 5 heteroatoms. The maximum absolute atomic E-state index is 5.86. The minimum absolute atomic E-state index is 0. The number of unbranched alkanes of at least 4 members (excludes halogenated alkanes) is 7. The maximum atomic E-state index is 5.86. The largest absolute Gasteiger partial charge is 0.500 e. The molecular formula is C16H38O3SSi. The Bertz CT molecular complexity index is 189. The van der Waals surface area contributed by atoms with Crippen LogP contribution in [0, 0.1) is 0 Å². The van der Waals surface area contributed by atoms with Crippen molar-refractivity contribution in [3.63, 3.8) is 0 Å². The first kappa shape index (κ1) is 23.7. The minimum Gasteiger partial charge on any atom is -0.374 e. The van der Waals surface area contributed by atoms with Crippen LogP contribution in [0.5, 0.6) is 0 Å². The van der Waals surface area contributed by atoms with Gasteiger partial charge in [0.1, 0.15) is 0 Å². The van der Waals surface area contributed by atoms with E-state index >= 15 is 0 Å². The fourth-order valence-electron chi connectivity index (χ4n) is 2.48. The highest BCUT2D eigenvalue weighted by Crippen LogP contribution is 2.20. The number of rotatable bonds is 15. The Labute approximate surface area is 140 Å². The predicted molar refractivity (Wildman–Crippen MR) is 98.4 cm³/mol. The van der Waals surface area contributed by atoms with E-state index in [0.717, 1.165) is 6.04 Å². The molecule has 0 aromatic heterocycles. The molecule has 0 unspecified atom stereocenters. The maximum Gasteiger partial charge on any atom is 0.500 e. The van der Waals surface area contributed by atoms with Gasteiger partial charge in [0.25, 0.3) is 0 Å². The zero-order chi connectivity index (χ0) is 15.1. The van der Waals surface area contributed by atoms with Crippen LogP contribution >= 0.6 is 13.5 Å². The van der Waals surface area contributed by atoms with Gasteiger partial charge < -0.3 is 13.3 Å². The smallest absolute Gasteiger partial charge is 0.374 e. The van der Waals surface area contributed by atoms with Crippen LogP contribution in [-0.2, 0) is 13.3 Å². The second-order valence-electron chi connectivity index (χ2n) is 5.21. The van der Waals surface area contributed by atoms with Crippen LogP contribution < -0.4 is 0 Å². The van der Waals surface area contributed by atoms with Crippen molar-refractivity contribution in [3.8, 4) is 0 Å². The Morgan fingerprint density at radius 3 is 1.33 bits per heavy atom. The summed E-state index contributed by atoms with van der Waals surface area (Å²) in [5.41, 5.74) is 0. The van der Waals surface area contributed by atoms with Crippen molar-refractivity contribution < 1.29 is 13.3 Å². The Hall–Kier alpha value is 0.447. The monoisotopic (exact) mass is 338 g/mol. The van der Waals surface area contributed by atoms with Crippen molar-refractivity contribution in [1.29, 1.82) is 0 Å². The molecule has 0 aliphatic rings. The van der Waals surface area contributed by atoms with Gasteiger partial charge in [0.05, 0.1) is 0 Å². The van der Waals surface area contributed by atoms with Crippen molar-refractivity contribution >= 4 is 22.3 Å². The highest BCUT2D eigenvalue weighted by Gasteiger charge is 2.39. The fourth-order valence-corrected chi connectivity index (χ4v) is 5.16. The SMILES string of the molecule is CCCCCCCCCC[Si](OCC)(OCC)OCC.S. The van der Waals surface area contributed by atoms with Gasteiger partial charge in [0.2, 0.25) is 0 Å². The van der Waals surface area contributed by atoms with E-state index in [-0.39, 0.29) is 13.5 Å². The summed E-state index contributed by atoms with van der Waals surface area (Å²) in [5, 5.41) is 0. The lowest BCUT2D eigenvalue weighted by Gasteiger charge is -2.28. The molecule has 0 aliphatic carbocycles. The zero-order valence-corrected chi connectivity index (χ0v) is 16.7. The molecule has 0 bridgehead atoms. The molecule has 0 saturated heterocycles. The van der Waals surface area contributed by atoms with Crippen LogP contribution in [0.15, 0.2) is 0 Å². The van der Waals surface area contributed by atoms with Crippen LogP contribution in [0.4, 0.5) is 0 Å². The molecule has 0 radical (unpaired) electrons. The van der Waals surface area contributed by atoms with Gasteiger partial charge in [-0.15, -0.1) is 0 Å². The molecular weight excluding hydrogens is 300 g/mol. The van der Waals surface area contributed by atoms with E-state index in [0.29, 0.717) is 19.8 Å². The first-order valence-corrected chi connectivity index (χ1v) is 10.6. The molecule has 0 rings (SSSR count). The van der Waals surface area contributed by atoms with Gasteiger partial charge in [-0.05, 0) is 27.2 Å². The first-order chi connectivity index (χ1) is 9.74. The Morgan fingerprint density at radius 2 is 0.952 bits per heavy atom. The van der Waals surface area contributed by atoms with Crippen LogP contribution in [0.2, 0.25) is 6.04 Å². The third-order valence-corrected chi connectivity index (χ3v) is 6.58. The standard InChI is InChI=1S/C16H36O3Si.H2S/c1-5-9-10-11-12-13-14-15-16-20(17-6-2,18-7-3)19-8-4;/h5-16H2,1-4H3;1H2. The lowest BCUT2D eigenvalue weighted by Crippen LogP contribution is -2.45. The summed E-state index contributed by atoms with van der Waals surface area (Å²) >= 11 is 0. The average molecular weight is 339 g/mol. The summed E-state index contributed by atoms with van der Waals surface area (Å²) in [5.74, 6) is 0. The summed E-state index contributed by atoms with van der Waals surface area (Å²) < 4.78 is 17.6. The molecule has 3 nitrogen and oxygen atoms in total. The zero-order valence-electron chi connectivity index (χ0n) is 14.7. The average Bonchev–Trinajstić information content (AvgIpc) is 2.43. The molecule has 21 heavy (non-hydrogen) atoms. The van der Waals surface area contributed by atoms with Crippen LogP contribution in [-0.4, -0.2) is 28.6 Å². The van der Waals surface area contributed by atoms with E-state index in [2.05, 4.69) is 6.92 Å². The Kier molecular flexibility index (Phi) is 19.0. The second-order valence-corrected chi connectivity index (χ2v) is 7.94. The molecule has 0 amide bonds. The Morgan fingerprint density at radius 1 is 0.571 bits per heavy atom. The highest BCUT2D eigenvalue weighted by molar-refractivity contribution is 7.59. The quantitative estimate of drug-likeness (QED) is 0.300. The number of hydrogen-bond donors (Lipinski definition) is 0. The molecule has 0 fully saturated rings. The third kappa shape index (κ3) is 12.7. The minimum atomic E-state index is -2.38. The lowest BCUT2D eigenvalue weighted by molar-refractivity contribution is 0.0706. The molecule has 130 valence electrons. The van der Waals surface area contributed by atoms with Crippen molar-refractivity contribution in [2.24, 2.45) is 0 Å². The topological polar surface area (TPSA) is 27.7 Å². The summed E-state index contributed by atoms with van der Waals surface area (Å²) in [6.45, 7) is 10.4. The molecule has 0 atom stereocenters. The lowest BCUT2D eigenvalue weighted by atomic mass is 10.1. The summed E-state index contributed by atoms with van der Waals surface area (Å²) in [6, 6.07) is 0.970. The number of hydrogen-bond acceptors (Lipinski definition) is 3. The van der Waals surface area contributed by atoms with Gasteiger partial charge >= 0.3 is 8.80 Å². The second kappa shape index (κ2) is 16.8. The van der Waals surface area contributed by atoms with Crippen LogP contribution in [0.1, 0.15) is 79.1 Å². The molecule has 0 aromatic carbocycles. The van der Waals surface area contributed by atoms with E-state index in [1.54, 1.807) is 0 Å². The predicted octanol–water partition coefficient (Wildman–Crippen LogP) is 5.29. The van der Waals surface area contributed by atoms with E-state index in [1.807, 2.05) is 20.8 Å².